The van der Waals surface area contributed by atoms with Crippen LogP contribution in [0.1, 0.15) is 49.3 Å². The molecule has 2 rings (SSSR count). The minimum atomic E-state index is -4.43. The van der Waals surface area contributed by atoms with Crippen molar-refractivity contribution >= 4 is 11.6 Å². The highest BCUT2D eigenvalue weighted by atomic mass is 35.5. The van der Waals surface area contributed by atoms with Crippen molar-refractivity contribution in [3.63, 3.8) is 0 Å². The molecule has 0 amide bonds. The van der Waals surface area contributed by atoms with Crippen molar-refractivity contribution < 1.29 is 13.2 Å². The first-order valence-corrected chi connectivity index (χ1v) is 6.89. The van der Waals surface area contributed by atoms with E-state index in [1.807, 2.05) is 0 Å². The number of halogens is 4. The van der Waals surface area contributed by atoms with E-state index in [0.717, 1.165) is 31.7 Å². The summed E-state index contributed by atoms with van der Waals surface area (Å²) in [6.45, 7) is 0. The van der Waals surface area contributed by atoms with Gasteiger partial charge in [0, 0.05) is 6.04 Å². The molecule has 1 aromatic rings. The topological polar surface area (TPSA) is 26.0 Å². The predicted octanol–water partition coefficient (Wildman–Crippen LogP) is 4.94. The first kappa shape index (κ1) is 14.7. The smallest absolute Gasteiger partial charge is 0.324 e. The van der Waals surface area contributed by atoms with E-state index >= 15 is 0 Å². The number of alkyl halides is 3. The summed E-state index contributed by atoms with van der Waals surface area (Å²) < 4.78 is 38.4. The predicted molar refractivity (Wildman–Crippen MR) is 70.0 cm³/mol. The first-order chi connectivity index (χ1) is 8.89. The lowest BCUT2D eigenvalue weighted by molar-refractivity contribution is -0.137. The van der Waals surface area contributed by atoms with E-state index in [9.17, 15) is 13.2 Å². The summed E-state index contributed by atoms with van der Waals surface area (Å²) >= 11 is 5.61. The number of benzene rings is 1. The molecule has 0 aromatic heterocycles. The molecule has 1 aromatic carbocycles. The summed E-state index contributed by atoms with van der Waals surface area (Å²) in [6, 6.07) is 3.67. The summed E-state index contributed by atoms with van der Waals surface area (Å²) in [5.41, 5.74) is 5.86. The molecule has 1 nitrogen and oxygen atoms in total. The molecule has 0 bridgehead atoms. The van der Waals surface area contributed by atoms with Crippen molar-refractivity contribution in [3.05, 3.63) is 34.3 Å². The fourth-order valence-electron chi connectivity index (χ4n) is 2.73. The van der Waals surface area contributed by atoms with Crippen molar-refractivity contribution in [1.29, 1.82) is 0 Å². The highest BCUT2D eigenvalue weighted by Gasteiger charge is 2.34. The maximum atomic E-state index is 12.8. The minimum Gasteiger partial charge on any atom is -0.324 e. The third-order valence-corrected chi connectivity index (χ3v) is 4.17. The van der Waals surface area contributed by atoms with Crippen molar-refractivity contribution in [1.82, 2.24) is 0 Å². The molecule has 1 atom stereocenters. The first-order valence-electron chi connectivity index (χ1n) is 6.52. The van der Waals surface area contributed by atoms with Crippen LogP contribution in [0, 0.1) is 5.92 Å². The second-order valence-electron chi connectivity index (χ2n) is 5.16. The molecule has 0 saturated heterocycles. The molecule has 0 radical (unpaired) electrons. The average Bonchev–Trinajstić information content (AvgIpc) is 2.38. The van der Waals surface area contributed by atoms with Gasteiger partial charge in [0.1, 0.15) is 0 Å². The van der Waals surface area contributed by atoms with Gasteiger partial charge in [-0.15, -0.1) is 0 Å². The fourth-order valence-corrected chi connectivity index (χ4v) is 2.96. The largest absolute Gasteiger partial charge is 0.417 e. The van der Waals surface area contributed by atoms with E-state index in [2.05, 4.69) is 0 Å². The molecule has 19 heavy (non-hydrogen) atoms. The van der Waals surface area contributed by atoms with E-state index < -0.39 is 11.7 Å². The SMILES string of the molecule is N[C@H](c1ccc(Cl)c(C(F)(F)F)c1)C1CCCCC1. The Morgan fingerprint density at radius 1 is 1.16 bits per heavy atom. The Bertz CT molecular complexity index is 439. The van der Waals surface area contributed by atoms with Gasteiger partial charge in [-0.1, -0.05) is 36.9 Å². The number of hydrogen-bond donors (Lipinski definition) is 1. The molecule has 1 aliphatic rings. The average molecular weight is 292 g/mol. The van der Waals surface area contributed by atoms with Crippen LogP contribution in [0.4, 0.5) is 13.2 Å². The molecular formula is C14H17ClF3N. The molecule has 1 saturated carbocycles. The second-order valence-corrected chi connectivity index (χ2v) is 5.57. The Hall–Kier alpha value is -0.740. The van der Waals surface area contributed by atoms with E-state index in [1.165, 1.54) is 12.5 Å². The highest BCUT2D eigenvalue weighted by molar-refractivity contribution is 6.31. The van der Waals surface area contributed by atoms with Crippen LogP contribution < -0.4 is 5.73 Å². The van der Waals surface area contributed by atoms with Gasteiger partial charge >= 0.3 is 6.18 Å². The van der Waals surface area contributed by atoms with Gasteiger partial charge in [-0.05, 0) is 36.5 Å². The lowest BCUT2D eigenvalue weighted by atomic mass is 9.81. The zero-order valence-electron chi connectivity index (χ0n) is 10.5. The van der Waals surface area contributed by atoms with Gasteiger partial charge in [0.2, 0.25) is 0 Å². The highest BCUT2D eigenvalue weighted by Crippen LogP contribution is 2.38. The molecule has 0 unspecified atom stereocenters. The Labute approximate surface area is 115 Å². The molecule has 0 heterocycles. The normalized spacial score (nSPS) is 19.4. The van der Waals surface area contributed by atoms with Crippen LogP contribution in [-0.4, -0.2) is 0 Å². The molecule has 0 spiro atoms. The third-order valence-electron chi connectivity index (χ3n) is 3.84. The zero-order valence-corrected chi connectivity index (χ0v) is 11.3. The molecule has 2 N–H and O–H groups in total. The summed E-state index contributed by atoms with van der Waals surface area (Å²) in [5, 5.41) is -0.271. The number of hydrogen-bond acceptors (Lipinski definition) is 1. The Morgan fingerprint density at radius 3 is 2.37 bits per heavy atom. The van der Waals surface area contributed by atoms with Crippen molar-refractivity contribution in [3.8, 4) is 0 Å². The standard InChI is InChI=1S/C14H17ClF3N/c15-12-7-6-10(8-11(12)14(16,17)18)13(19)9-4-2-1-3-5-9/h6-9,13H,1-5,19H2/t13-/m0/s1. The molecule has 5 heteroatoms. The van der Waals surface area contributed by atoms with Crippen LogP contribution in [0.25, 0.3) is 0 Å². The quantitative estimate of drug-likeness (QED) is 0.820. The summed E-state index contributed by atoms with van der Waals surface area (Å²) in [5.74, 6) is 0.274. The Kier molecular flexibility index (Phi) is 4.41. The van der Waals surface area contributed by atoms with Crippen LogP contribution in [0.15, 0.2) is 18.2 Å². The lowest BCUT2D eigenvalue weighted by Crippen LogP contribution is -2.24. The van der Waals surface area contributed by atoms with Gasteiger partial charge in [0.25, 0.3) is 0 Å². The maximum absolute atomic E-state index is 12.8. The van der Waals surface area contributed by atoms with Gasteiger partial charge < -0.3 is 5.73 Å². The van der Waals surface area contributed by atoms with Crippen molar-refractivity contribution in [2.24, 2.45) is 11.7 Å². The van der Waals surface area contributed by atoms with Crippen LogP contribution in [0.5, 0.6) is 0 Å². The van der Waals surface area contributed by atoms with Gasteiger partial charge in [-0.3, -0.25) is 0 Å². The van der Waals surface area contributed by atoms with Crippen LogP contribution in [0.2, 0.25) is 5.02 Å². The van der Waals surface area contributed by atoms with Gasteiger partial charge in [0.05, 0.1) is 10.6 Å². The lowest BCUT2D eigenvalue weighted by Gasteiger charge is -2.28. The van der Waals surface area contributed by atoms with Gasteiger partial charge in [-0.2, -0.15) is 13.2 Å². The van der Waals surface area contributed by atoms with E-state index in [4.69, 9.17) is 17.3 Å². The monoisotopic (exact) mass is 291 g/mol. The zero-order chi connectivity index (χ0) is 14.0. The maximum Gasteiger partial charge on any atom is 0.417 e. The molecule has 106 valence electrons. The molecule has 1 aliphatic carbocycles. The summed E-state index contributed by atoms with van der Waals surface area (Å²) in [7, 11) is 0. The summed E-state index contributed by atoms with van der Waals surface area (Å²) in [4.78, 5) is 0. The van der Waals surface area contributed by atoms with E-state index in [-0.39, 0.29) is 17.0 Å². The Balaban J connectivity index is 2.24. The minimum absolute atomic E-state index is 0.271. The fraction of sp³-hybridized carbons (Fsp3) is 0.571. The number of nitrogens with two attached hydrogens (primary N) is 1. The van der Waals surface area contributed by atoms with Crippen molar-refractivity contribution in [2.75, 3.05) is 0 Å². The van der Waals surface area contributed by atoms with Gasteiger partial charge in [-0.25, -0.2) is 0 Å². The second kappa shape index (κ2) is 5.71. The summed E-state index contributed by atoms with van der Waals surface area (Å²) in [6.07, 6.45) is 0.962. The molecule has 1 fully saturated rings. The van der Waals surface area contributed by atoms with Crippen molar-refractivity contribution in [2.45, 2.75) is 44.3 Å². The Morgan fingerprint density at radius 2 is 1.79 bits per heavy atom. The van der Waals surface area contributed by atoms with E-state index in [1.54, 1.807) is 6.07 Å². The molecular weight excluding hydrogens is 275 g/mol. The van der Waals surface area contributed by atoms with Crippen LogP contribution in [-0.2, 0) is 6.18 Å². The van der Waals surface area contributed by atoms with Gasteiger partial charge in [0.15, 0.2) is 0 Å². The van der Waals surface area contributed by atoms with Crippen LogP contribution in [0.3, 0.4) is 0 Å². The third kappa shape index (κ3) is 3.42. The molecule has 0 aliphatic heterocycles. The van der Waals surface area contributed by atoms with Crippen LogP contribution >= 0.6 is 11.6 Å². The number of rotatable bonds is 2. The van der Waals surface area contributed by atoms with E-state index in [0.29, 0.717) is 5.56 Å².